The van der Waals surface area contributed by atoms with Crippen molar-refractivity contribution < 1.29 is 14.7 Å². The molecule has 3 heterocycles. The average Bonchev–Trinajstić information content (AvgIpc) is 3.55. The summed E-state index contributed by atoms with van der Waals surface area (Å²) in [5.41, 5.74) is 4.32. The molecule has 0 aliphatic heterocycles. The number of aryl methyl sites for hydroxylation is 2. The minimum absolute atomic E-state index is 0.0566. The lowest BCUT2D eigenvalue weighted by Crippen LogP contribution is -2.13. The fourth-order valence-corrected chi connectivity index (χ4v) is 3.71. The van der Waals surface area contributed by atoms with Crippen LogP contribution in [0.3, 0.4) is 0 Å². The van der Waals surface area contributed by atoms with Crippen LogP contribution in [0.25, 0.3) is 10.9 Å². The Hall–Kier alpha value is -4.99. The molecule has 0 unspecified atom stereocenters. The molecule has 0 bridgehead atoms. The normalized spacial score (nSPS) is 11.4. The smallest absolute Gasteiger partial charge is 0.276 e. The summed E-state index contributed by atoms with van der Waals surface area (Å²) in [6.45, 7) is 3.67. The van der Waals surface area contributed by atoms with Crippen molar-refractivity contribution in [3.8, 4) is 5.88 Å². The number of hydrogen-bond acceptors (Lipinski definition) is 6. The molecule has 0 fully saturated rings. The molecular formula is C25H21N7O3. The lowest BCUT2D eigenvalue weighted by Gasteiger charge is -2.06. The molecule has 5 N–H and O–H groups in total. The number of carbonyl (C=O) groups is 2. The van der Waals surface area contributed by atoms with Crippen molar-refractivity contribution in [3.05, 3.63) is 88.4 Å². The largest absolute Gasteiger partial charge is 0.494 e. The number of rotatable bonds is 6. The Labute approximate surface area is 199 Å². The highest BCUT2D eigenvalue weighted by Crippen LogP contribution is 2.28. The minimum Gasteiger partial charge on any atom is -0.494 e. The first-order chi connectivity index (χ1) is 16.9. The maximum atomic E-state index is 13.3. The van der Waals surface area contributed by atoms with E-state index in [1.165, 1.54) is 6.21 Å². The Morgan fingerprint density at radius 2 is 1.74 bits per heavy atom. The van der Waals surface area contributed by atoms with Gasteiger partial charge in [-0.15, -0.1) is 0 Å². The van der Waals surface area contributed by atoms with Crippen molar-refractivity contribution in [2.45, 2.75) is 13.8 Å². The predicted octanol–water partition coefficient (Wildman–Crippen LogP) is 4.17. The number of amides is 1. The van der Waals surface area contributed by atoms with Gasteiger partial charge in [0.25, 0.3) is 5.91 Å². The first-order valence-corrected chi connectivity index (χ1v) is 10.8. The van der Waals surface area contributed by atoms with Crippen LogP contribution < -0.4 is 5.32 Å². The van der Waals surface area contributed by atoms with Gasteiger partial charge in [-0.3, -0.25) is 19.8 Å². The monoisotopic (exact) mass is 467 g/mol. The summed E-state index contributed by atoms with van der Waals surface area (Å²) in [5.74, 6) is -0.185. The van der Waals surface area contributed by atoms with Crippen LogP contribution in [0.4, 0.5) is 11.5 Å². The number of fused-ring (bicyclic) bond motifs is 1. The van der Waals surface area contributed by atoms with Crippen molar-refractivity contribution in [1.29, 1.82) is 0 Å². The van der Waals surface area contributed by atoms with E-state index < -0.39 is 0 Å². The van der Waals surface area contributed by atoms with Gasteiger partial charge < -0.3 is 15.4 Å². The molecule has 0 saturated heterocycles. The van der Waals surface area contributed by atoms with Crippen LogP contribution in [-0.2, 0) is 0 Å². The van der Waals surface area contributed by atoms with Gasteiger partial charge in [-0.2, -0.15) is 10.2 Å². The summed E-state index contributed by atoms with van der Waals surface area (Å²) in [5, 5.41) is 27.3. The van der Waals surface area contributed by atoms with Gasteiger partial charge >= 0.3 is 0 Å². The maximum absolute atomic E-state index is 13.3. The van der Waals surface area contributed by atoms with Gasteiger partial charge in [-0.25, -0.2) is 4.99 Å². The van der Waals surface area contributed by atoms with Gasteiger partial charge in [0, 0.05) is 51.4 Å². The second-order valence-corrected chi connectivity index (χ2v) is 8.12. The Morgan fingerprint density at radius 1 is 0.971 bits per heavy atom. The first kappa shape index (κ1) is 21.8. The molecule has 10 heteroatoms. The van der Waals surface area contributed by atoms with Crippen LogP contribution >= 0.6 is 0 Å². The van der Waals surface area contributed by atoms with Crippen molar-refractivity contribution in [1.82, 2.24) is 25.4 Å². The number of benzene rings is 2. The second-order valence-electron chi connectivity index (χ2n) is 8.12. The molecule has 10 nitrogen and oxygen atoms in total. The molecule has 0 saturated carbocycles. The van der Waals surface area contributed by atoms with Gasteiger partial charge in [-0.1, -0.05) is 12.1 Å². The van der Waals surface area contributed by atoms with Crippen LogP contribution in [0.2, 0.25) is 0 Å². The zero-order chi connectivity index (χ0) is 24.5. The molecule has 0 aliphatic carbocycles. The fourth-order valence-electron chi connectivity index (χ4n) is 3.71. The standard InChI is InChI=1S/C25H21N7O3/c1-13-8-21(31-29-13)25(35)27-17-5-3-4-15(10-17)23(33)16-6-7-20-18(11-16)19(24(34)28-20)12-26-22-9-14(2)30-32-22/h3-12,28,34H,1-2H3,(H,27,35)(H,29,31)(H,30,32). The van der Waals surface area contributed by atoms with Crippen molar-refractivity contribution in [2.75, 3.05) is 5.32 Å². The molecule has 35 heavy (non-hydrogen) atoms. The molecule has 2 aromatic carbocycles. The molecule has 0 aliphatic rings. The highest BCUT2D eigenvalue weighted by molar-refractivity contribution is 6.13. The van der Waals surface area contributed by atoms with E-state index in [9.17, 15) is 14.7 Å². The number of H-pyrrole nitrogens is 3. The number of aromatic nitrogens is 5. The number of anilines is 1. The Balaban J connectivity index is 1.42. The zero-order valence-corrected chi connectivity index (χ0v) is 18.9. The molecule has 5 rings (SSSR count). The number of ketones is 1. The molecule has 0 radical (unpaired) electrons. The van der Waals surface area contributed by atoms with E-state index in [0.717, 1.165) is 11.4 Å². The van der Waals surface area contributed by atoms with E-state index in [2.05, 4.69) is 35.7 Å². The van der Waals surface area contributed by atoms with E-state index in [4.69, 9.17) is 0 Å². The summed E-state index contributed by atoms with van der Waals surface area (Å²) in [7, 11) is 0. The second kappa shape index (κ2) is 8.75. The third-order valence-electron chi connectivity index (χ3n) is 5.42. The lowest BCUT2D eigenvalue weighted by molar-refractivity contribution is 0.101. The third-order valence-corrected chi connectivity index (χ3v) is 5.42. The molecule has 174 valence electrons. The van der Waals surface area contributed by atoms with Crippen molar-refractivity contribution >= 4 is 40.3 Å². The third kappa shape index (κ3) is 4.44. The van der Waals surface area contributed by atoms with E-state index in [0.29, 0.717) is 39.1 Å². The van der Waals surface area contributed by atoms with Crippen LogP contribution in [0.5, 0.6) is 5.88 Å². The van der Waals surface area contributed by atoms with Gasteiger partial charge in [0.1, 0.15) is 0 Å². The summed E-state index contributed by atoms with van der Waals surface area (Å²) >= 11 is 0. The lowest BCUT2D eigenvalue weighted by atomic mass is 10.0. The fraction of sp³-hybridized carbons (Fsp3) is 0.0800. The predicted molar refractivity (Wildman–Crippen MR) is 132 cm³/mol. The Bertz CT molecular complexity index is 1610. The number of aromatic amines is 3. The molecule has 3 aromatic heterocycles. The number of carbonyl (C=O) groups excluding carboxylic acids is 2. The number of nitrogens with one attached hydrogen (secondary N) is 4. The van der Waals surface area contributed by atoms with E-state index >= 15 is 0 Å². The topological polar surface area (TPSA) is 152 Å². The van der Waals surface area contributed by atoms with Crippen LogP contribution in [0.1, 0.15) is 43.4 Å². The quantitative estimate of drug-likeness (QED) is 0.187. The molecular weight excluding hydrogens is 446 g/mol. The van der Waals surface area contributed by atoms with Gasteiger partial charge in [-0.05, 0) is 50.2 Å². The number of hydrogen-bond donors (Lipinski definition) is 5. The van der Waals surface area contributed by atoms with Crippen LogP contribution in [0.15, 0.2) is 59.6 Å². The average molecular weight is 467 g/mol. The van der Waals surface area contributed by atoms with Gasteiger partial charge in [0.05, 0.1) is 5.56 Å². The van der Waals surface area contributed by atoms with E-state index in [1.54, 1.807) is 61.5 Å². The first-order valence-electron chi connectivity index (χ1n) is 10.8. The highest BCUT2D eigenvalue weighted by Gasteiger charge is 2.16. The van der Waals surface area contributed by atoms with Crippen LogP contribution in [-0.4, -0.2) is 48.4 Å². The van der Waals surface area contributed by atoms with Crippen molar-refractivity contribution in [3.63, 3.8) is 0 Å². The number of aromatic hydroxyl groups is 1. The van der Waals surface area contributed by atoms with E-state index in [1.807, 2.05) is 6.92 Å². The number of nitrogens with zero attached hydrogens (tertiary/aromatic N) is 3. The summed E-state index contributed by atoms with van der Waals surface area (Å²) < 4.78 is 0. The Kier molecular flexibility index (Phi) is 5.46. The summed E-state index contributed by atoms with van der Waals surface area (Å²) in [6, 6.07) is 15.2. The molecule has 5 aromatic rings. The molecule has 1 amide bonds. The summed E-state index contributed by atoms with van der Waals surface area (Å²) in [4.78, 5) is 32.8. The zero-order valence-electron chi connectivity index (χ0n) is 18.9. The summed E-state index contributed by atoms with van der Waals surface area (Å²) in [6.07, 6.45) is 1.50. The number of aliphatic imine (C=N–C) groups is 1. The SMILES string of the molecule is Cc1cc(N=Cc2c(O)[nH]c3ccc(C(=O)c4cccc(NC(=O)c5cc(C)[nH]n5)c4)cc23)n[nH]1. The molecule has 0 atom stereocenters. The Morgan fingerprint density at radius 3 is 2.49 bits per heavy atom. The van der Waals surface area contributed by atoms with E-state index in [-0.39, 0.29) is 23.3 Å². The maximum Gasteiger partial charge on any atom is 0.276 e. The van der Waals surface area contributed by atoms with Gasteiger partial charge in [0.2, 0.25) is 0 Å². The van der Waals surface area contributed by atoms with Crippen LogP contribution in [0, 0.1) is 13.8 Å². The van der Waals surface area contributed by atoms with Gasteiger partial charge in [0.15, 0.2) is 23.2 Å². The molecule has 0 spiro atoms. The van der Waals surface area contributed by atoms with Crippen molar-refractivity contribution in [2.24, 2.45) is 4.99 Å². The minimum atomic E-state index is -0.376. The highest BCUT2D eigenvalue weighted by atomic mass is 16.3.